The smallest absolute Gasteiger partial charge is 0.0975 e. The lowest BCUT2D eigenvalue weighted by molar-refractivity contribution is 0.448. The number of rotatable bonds is 4. The summed E-state index contributed by atoms with van der Waals surface area (Å²) in [6.45, 7) is 17.5. The Kier molecular flexibility index (Phi) is 4.46. The Morgan fingerprint density at radius 3 is 1.88 bits per heavy atom. The van der Waals surface area contributed by atoms with Gasteiger partial charge < -0.3 is 4.90 Å². The maximum absolute atomic E-state index is 2.67. The van der Waals surface area contributed by atoms with E-state index in [1.165, 1.54) is 32.0 Å². The first-order valence-corrected chi connectivity index (χ1v) is 13.9. The van der Waals surface area contributed by atoms with Gasteiger partial charge in [-0.2, -0.15) is 0 Å². The van der Waals surface area contributed by atoms with Crippen LogP contribution in [-0.2, 0) is 0 Å². The molecule has 0 aliphatic carbocycles. The Bertz CT molecular complexity index is 252. The molecule has 1 rings (SSSR count). The lowest BCUT2D eigenvalue weighted by Crippen LogP contribution is -2.36. The normalized spacial score (nSPS) is 19.4. The largest absolute Gasteiger partial charge is 0.379 e. The Morgan fingerprint density at radius 2 is 1.50 bits per heavy atom. The van der Waals surface area contributed by atoms with Crippen molar-refractivity contribution in [3.05, 3.63) is 11.4 Å². The van der Waals surface area contributed by atoms with Crippen LogP contribution in [0.5, 0.6) is 0 Å². The number of hydrogen-bond acceptors (Lipinski definition) is 1. The zero-order valence-corrected chi connectivity index (χ0v) is 14.1. The highest BCUT2D eigenvalue weighted by Gasteiger charge is 2.27. The predicted octanol–water partition coefficient (Wildman–Crippen LogP) is 4.18. The maximum Gasteiger partial charge on any atom is 0.0975 e. The molecule has 3 heteroatoms. The molecule has 1 heterocycles. The fourth-order valence-electron chi connectivity index (χ4n) is 2.27. The summed E-state index contributed by atoms with van der Waals surface area (Å²) >= 11 is 0. The molecule has 0 radical (unpaired) electrons. The summed E-state index contributed by atoms with van der Waals surface area (Å²) < 4.78 is 0. The van der Waals surface area contributed by atoms with Crippen LogP contribution >= 0.6 is 0 Å². The second-order valence-electron chi connectivity index (χ2n) is 7.30. The van der Waals surface area contributed by atoms with Gasteiger partial charge in [0.05, 0.1) is 8.07 Å². The first kappa shape index (κ1) is 14.0. The summed E-state index contributed by atoms with van der Waals surface area (Å²) in [5, 5.41) is 1.73. The molecule has 0 saturated carbocycles. The molecule has 1 saturated heterocycles. The first-order valence-electron chi connectivity index (χ1n) is 6.66. The van der Waals surface area contributed by atoms with E-state index in [0.717, 1.165) is 0 Å². The lowest BCUT2D eigenvalue weighted by atomic mass is 10.4. The molecule has 1 aliphatic heterocycles. The molecular weight excluding hydrogens is 226 g/mol. The lowest BCUT2D eigenvalue weighted by Gasteiger charge is -2.32. The number of hydrogen-bond donors (Lipinski definition) is 0. The van der Waals surface area contributed by atoms with Crippen molar-refractivity contribution in [1.82, 2.24) is 4.90 Å². The maximum atomic E-state index is 2.67. The minimum absolute atomic E-state index is 0.931. The summed E-state index contributed by atoms with van der Waals surface area (Å²) in [5.74, 6) is 0. The highest BCUT2D eigenvalue weighted by Crippen LogP contribution is 2.25. The van der Waals surface area contributed by atoms with Crippen molar-refractivity contribution in [1.29, 1.82) is 0 Å². The molecule has 0 bridgehead atoms. The van der Waals surface area contributed by atoms with Gasteiger partial charge in [0.15, 0.2) is 0 Å². The van der Waals surface area contributed by atoms with Crippen LogP contribution in [0.15, 0.2) is 11.4 Å². The van der Waals surface area contributed by atoms with Crippen LogP contribution in [0.3, 0.4) is 0 Å². The molecule has 0 aromatic rings. The average Bonchev–Trinajstić information content (AvgIpc) is 2.52. The molecule has 0 N–H and O–H groups in total. The molecular formula is C13H29NSi2. The van der Waals surface area contributed by atoms with E-state index in [9.17, 15) is 0 Å². The summed E-state index contributed by atoms with van der Waals surface area (Å²) in [4.78, 5) is 2.67. The summed E-state index contributed by atoms with van der Waals surface area (Å²) in [5.41, 5.74) is 0. The van der Waals surface area contributed by atoms with Crippen molar-refractivity contribution >= 4 is 16.1 Å². The van der Waals surface area contributed by atoms with Crippen LogP contribution < -0.4 is 0 Å². The van der Waals surface area contributed by atoms with Gasteiger partial charge in [0.1, 0.15) is 0 Å². The van der Waals surface area contributed by atoms with Crippen molar-refractivity contribution in [3.8, 4) is 0 Å². The van der Waals surface area contributed by atoms with Gasteiger partial charge in [-0.1, -0.05) is 45.4 Å². The standard InChI is InChI=1S/C13H29NSi2/c1-15(2,3)12-9-13(16(4,5)6)14-10-7-8-11-14/h9H,7-8,10-12H2,1-6H3. The molecule has 0 spiro atoms. The Balaban J connectivity index is 2.79. The third-order valence-electron chi connectivity index (χ3n) is 3.12. The van der Waals surface area contributed by atoms with Gasteiger partial charge in [0, 0.05) is 21.2 Å². The van der Waals surface area contributed by atoms with E-state index in [1.807, 2.05) is 0 Å². The van der Waals surface area contributed by atoms with Crippen molar-refractivity contribution in [2.75, 3.05) is 13.1 Å². The highest BCUT2D eigenvalue weighted by molar-refractivity contribution is 6.83. The van der Waals surface area contributed by atoms with Gasteiger partial charge in [-0.15, -0.1) is 0 Å². The van der Waals surface area contributed by atoms with E-state index in [2.05, 4.69) is 50.3 Å². The zero-order valence-electron chi connectivity index (χ0n) is 12.1. The van der Waals surface area contributed by atoms with E-state index in [0.29, 0.717) is 0 Å². The minimum atomic E-state index is -1.14. The zero-order chi connectivity index (χ0) is 12.4. The van der Waals surface area contributed by atoms with Gasteiger partial charge in [0.2, 0.25) is 0 Å². The van der Waals surface area contributed by atoms with Crippen LogP contribution in [0.25, 0.3) is 0 Å². The molecule has 0 atom stereocenters. The van der Waals surface area contributed by atoms with E-state index >= 15 is 0 Å². The Morgan fingerprint density at radius 1 is 1.00 bits per heavy atom. The van der Waals surface area contributed by atoms with E-state index in [-0.39, 0.29) is 0 Å². The topological polar surface area (TPSA) is 3.24 Å². The van der Waals surface area contributed by atoms with E-state index in [1.54, 1.807) is 5.32 Å². The third-order valence-corrected chi connectivity index (χ3v) is 6.61. The van der Waals surface area contributed by atoms with Gasteiger partial charge in [0.25, 0.3) is 0 Å². The first-order chi connectivity index (χ1) is 7.20. The van der Waals surface area contributed by atoms with Crippen LogP contribution in [0.4, 0.5) is 0 Å². The average molecular weight is 256 g/mol. The Hall–Kier alpha value is -0.0262. The minimum Gasteiger partial charge on any atom is -0.379 e. The van der Waals surface area contributed by atoms with Crippen molar-refractivity contribution in [2.24, 2.45) is 0 Å². The van der Waals surface area contributed by atoms with Gasteiger partial charge in [-0.05, 0) is 24.2 Å². The van der Waals surface area contributed by atoms with E-state index in [4.69, 9.17) is 0 Å². The molecule has 0 amide bonds. The summed E-state index contributed by atoms with van der Waals surface area (Å²) in [6.07, 6.45) is 5.40. The fourth-order valence-corrected chi connectivity index (χ4v) is 5.17. The quantitative estimate of drug-likeness (QED) is 0.681. The van der Waals surface area contributed by atoms with Crippen LogP contribution in [-0.4, -0.2) is 34.1 Å². The highest BCUT2D eigenvalue weighted by atomic mass is 28.3. The fraction of sp³-hybridized carbons (Fsp3) is 0.846. The molecule has 0 aromatic carbocycles. The third kappa shape index (κ3) is 4.46. The summed E-state index contributed by atoms with van der Waals surface area (Å²) in [6, 6.07) is 1.35. The van der Waals surface area contributed by atoms with Crippen molar-refractivity contribution in [2.45, 2.75) is 58.2 Å². The second-order valence-corrected chi connectivity index (χ2v) is 17.8. The SMILES string of the molecule is C[Si](C)(C)CC=C(N1CCCC1)[Si](C)(C)C. The monoisotopic (exact) mass is 255 g/mol. The van der Waals surface area contributed by atoms with Crippen molar-refractivity contribution in [3.63, 3.8) is 0 Å². The van der Waals surface area contributed by atoms with Crippen LogP contribution in [0.1, 0.15) is 12.8 Å². The molecule has 0 unspecified atom stereocenters. The number of allylic oxidation sites excluding steroid dienone is 1. The molecule has 16 heavy (non-hydrogen) atoms. The number of nitrogens with zero attached hydrogens (tertiary/aromatic N) is 1. The molecule has 1 aliphatic rings. The van der Waals surface area contributed by atoms with Crippen LogP contribution in [0.2, 0.25) is 45.3 Å². The second kappa shape index (κ2) is 5.09. The van der Waals surface area contributed by atoms with E-state index < -0.39 is 16.1 Å². The van der Waals surface area contributed by atoms with Gasteiger partial charge >= 0.3 is 0 Å². The van der Waals surface area contributed by atoms with Gasteiger partial charge in [-0.25, -0.2) is 0 Å². The molecule has 1 nitrogen and oxygen atoms in total. The van der Waals surface area contributed by atoms with Crippen LogP contribution in [0, 0.1) is 0 Å². The van der Waals surface area contributed by atoms with Crippen molar-refractivity contribution < 1.29 is 0 Å². The molecule has 94 valence electrons. The summed E-state index contributed by atoms with van der Waals surface area (Å²) in [7, 11) is -2.07. The van der Waals surface area contributed by atoms with Gasteiger partial charge in [-0.3, -0.25) is 0 Å². The molecule has 0 aromatic heterocycles. The number of likely N-dealkylation sites (tertiary alicyclic amines) is 1. The molecule has 1 fully saturated rings. The predicted molar refractivity (Wildman–Crippen MR) is 80.4 cm³/mol. The Labute approximate surface area is 104 Å².